The number of carboxylic acid groups (broad SMARTS) is 2. The molecule has 7 aromatic rings. The fraction of sp³-hybridized carbons (Fsp3) is 0.265. The smallest absolute Gasteiger partial charge is 0.423 e. The number of nitro benzene ring substituents is 1. The van der Waals surface area contributed by atoms with Crippen LogP contribution in [0.3, 0.4) is 0 Å². The second kappa shape index (κ2) is 23.2. The Morgan fingerprint density at radius 2 is 1.00 bits per heavy atom. The number of anilines is 1. The number of rotatable bonds is 10. The number of nitro groups is 1. The first kappa shape index (κ1) is 54.4. The van der Waals surface area contributed by atoms with Gasteiger partial charge in [0.25, 0.3) is 5.69 Å². The summed E-state index contributed by atoms with van der Waals surface area (Å²) in [4.78, 5) is 66.0. The third-order valence-electron chi connectivity index (χ3n) is 10.3. The summed E-state index contributed by atoms with van der Waals surface area (Å²) in [5, 5.41) is 42.8. The van der Waals surface area contributed by atoms with Gasteiger partial charge in [-0.05, 0) is 63.1 Å². The number of hydrogen-bond donors (Lipinski definition) is 5. The molecule has 0 saturated heterocycles. The fourth-order valence-electron chi connectivity index (χ4n) is 6.43. The van der Waals surface area contributed by atoms with Gasteiger partial charge >= 0.3 is 18.1 Å². The maximum Gasteiger partial charge on any atom is 0.423 e. The molecule has 0 aliphatic rings. The lowest BCUT2D eigenvalue weighted by Gasteiger charge is -2.11. The predicted octanol–water partition coefficient (Wildman–Crippen LogP) is 6.57. The molecule has 0 aliphatic carbocycles. The van der Waals surface area contributed by atoms with Crippen LogP contribution in [0.2, 0.25) is 0 Å². The van der Waals surface area contributed by atoms with Gasteiger partial charge in [0.05, 0.1) is 40.5 Å². The van der Waals surface area contributed by atoms with Gasteiger partial charge < -0.3 is 44.8 Å². The maximum absolute atomic E-state index is 12.3. The van der Waals surface area contributed by atoms with Gasteiger partial charge in [0, 0.05) is 63.5 Å². The molecule has 3 aromatic carbocycles. The van der Waals surface area contributed by atoms with Gasteiger partial charge in [-0.25, -0.2) is 19.6 Å². The molecule has 2 unspecified atom stereocenters. The summed E-state index contributed by atoms with van der Waals surface area (Å²) in [6.45, 7) is 8.21. The molecule has 70 heavy (non-hydrogen) atoms. The minimum atomic E-state index is -4.77. The molecule has 370 valence electrons. The van der Waals surface area contributed by atoms with Crippen molar-refractivity contribution in [2.45, 2.75) is 58.9 Å². The third-order valence-corrected chi connectivity index (χ3v) is 10.3. The van der Waals surface area contributed by atoms with Crippen LogP contribution in [0.15, 0.2) is 103 Å². The first-order chi connectivity index (χ1) is 32.7. The number of halogens is 3. The van der Waals surface area contributed by atoms with Crippen LogP contribution in [-0.2, 0) is 38.2 Å². The van der Waals surface area contributed by atoms with Crippen molar-refractivity contribution in [1.82, 2.24) is 28.6 Å². The zero-order chi connectivity index (χ0) is 52.4. The number of aromatic nitrogens is 4. The highest BCUT2D eigenvalue weighted by Crippen LogP contribution is 2.37. The van der Waals surface area contributed by atoms with Crippen molar-refractivity contribution in [1.29, 1.82) is 0 Å². The van der Waals surface area contributed by atoms with Crippen LogP contribution in [0.5, 0.6) is 0 Å². The quantitative estimate of drug-likeness (QED) is 0.0553. The second-order valence-electron chi connectivity index (χ2n) is 16.4. The Balaban J connectivity index is 0.000000214. The highest BCUT2D eigenvalue weighted by Gasteiger charge is 2.38. The first-order valence-electron chi connectivity index (χ1n) is 21.1. The molecule has 0 radical (unpaired) electrons. The molecule has 0 fully saturated rings. The highest BCUT2D eigenvalue weighted by atomic mass is 19.4. The van der Waals surface area contributed by atoms with E-state index in [2.05, 4.69) is 62.4 Å². The number of benzene rings is 3. The average molecular weight is 971 g/mol. The molecular formula is C49H53F3N8O10. The van der Waals surface area contributed by atoms with E-state index in [1.807, 2.05) is 59.3 Å². The number of aliphatic hydroxyl groups is 2. The number of imidazole rings is 2. The molecule has 0 bridgehead atoms. The summed E-state index contributed by atoms with van der Waals surface area (Å²) in [5.74, 6) is -3.40. The SMILES string of the molecule is Cc1ccc(-c2nc3ccc(C)cn3c2CC(=O)N(C)C)cc1.Cc1ccc(-c2nc3ccc(C)cn3c2CC(=O)N(C)C)cc1.Nc1ccc([N+](=O)[O-])c(C(F)(F)F)c1.O=C(O)C(O)C(O)C(=O)O. The maximum atomic E-state index is 12.3. The Labute approximate surface area is 399 Å². The minimum absolute atomic E-state index is 0.0710. The zero-order valence-corrected chi connectivity index (χ0v) is 39.5. The number of nitrogens with zero attached hydrogens (tertiary/aromatic N) is 7. The van der Waals surface area contributed by atoms with Crippen LogP contribution in [0.1, 0.15) is 39.2 Å². The number of nitrogens with two attached hydrogens (primary N) is 1. The van der Waals surface area contributed by atoms with Gasteiger partial charge in [0.15, 0.2) is 12.2 Å². The van der Waals surface area contributed by atoms with Crippen LogP contribution in [0, 0.1) is 37.8 Å². The van der Waals surface area contributed by atoms with Crippen molar-refractivity contribution < 1.29 is 57.7 Å². The number of alkyl halides is 3. The van der Waals surface area contributed by atoms with E-state index in [-0.39, 0.29) is 17.5 Å². The number of carbonyl (C=O) groups excluding carboxylic acids is 2. The lowest BCUT2D eigenvalue weighted by Crippen LogP contribution is -2.39. The molecule has 0 saturated carbocycles. The van der Waals surface area contributed by atoms with E-state index in [1.54, 1.807) is 38.0 Å². The van der Waals surface area contributed by atoms with E-state index in [4.69, 9.17) is 36.1 Å². The normalized spacial score (nSPS) is 11.7. The number of nitrogen functional groups attached to an aromatic ring is 1. The first-order valence-corrected chi connectivity index (χ1v) is 21.1. The number of pyridine rings is 2. The van der Waals surface area contributed by atoms with E-state index >= 15 is 0 Å². The summed E-state index contributed by atoms with van der Waals surface area (Å²) < 4.78 is 40.8. The summed E-state index contributed by atoms with van der Waals surface area (Å²) in [6, 6.07) is 26.9. The number of carbonyl (C=O) groups is 4. The number of aryl methyl sites for hydroxylation is 4. The van der Waals surface area contributed by atoms with E-state index in [0.717, 1.165) is 68.5 Å². The van der Waals surface area contributed by atoms with Crippen LogP contribution < -0.4 is 5.73 Å². The number of likely N-dealkylation sites (N-methyl/N-ethyl adjacent to an activating group) is 2. The highest BCUT2D eigenvalue weighted by molar-refractivity contribution is 5.83. The van der Waals surface area contributed by atoms with Crippen molar-refractivity contribution in [2.75, 3.05) is 33.9 Å². The topological polar surface area (TPSA) is 259 Å². The molecule has 2 amide bonds. The van der Waals surface area contributed by atoms with E-state index in [1.165, 1.54) is 11.1 Å². The van der Waals surface area contributed by atoms with Gasteiger partial charge in [-0.1, -0.05) is 71.8 Å². The number of aliphatic hydroxyl groups excluding tert-OH is 2. The van der Waals surface area contributed by atoms with Gasteiger partial charge in [0.1, 0.15) is 16.9 Å². The largest absolute Gasteiger partial charge is 0.479 e. The number of aliphatic carboxylic acids is 2. The fourth-order valence-corrected chi connectivity index (χ4v) is 6.43. The van der Waals surface area contributed by atoms with Crippen molar-refractivity contribution in [3.8, 4) is 22.5 Å². The zero-order valence-electron chi connectivity index (χ0n) is 39.5. The number of carboxylic acids is 2. The molecule has 0 spiro atoms. The summed E-state index contributed by atoms with van der Waals surface area (Å²) in [6.07, 6.45) is -4.55. The minimum Gasteiger partial charge on any atom is -0.479 e. The summed E-state index contributed by atoms with van der Waals surface area (Å²) >= 11 is 0. The molecule has 7 rings (SSSR count). The molecule has 0 aliphatic heterocycles. The molecule has 18 nitrogen and oxygen atoms in total. The predicted molar refractivity (Wildman–Crippen MR) is 255 cm³/mol. The lowest BCUT2D eigenvalue weighted by atomic mass is 10.1. The van der Waals surface area contributed by atoms with Crippen molar-refractivity contribution >= 4 is 46.4 Å². The average Bonchev–Trinajstić information content (AvgIpc) is 3.83. The van der Waals surface area contributed by atoms with Gasteiger partial charge in [0.2, 0.25) is 11.8 Å². The summed E-state index contributed by atoms with van der Waals surface area (Å²) in [5.41, 5.74) is 14.8. The third kappa shape index (κ3) is 14.2. The van der Waals surface area contributed by atoms with E-state index in [0.29, 0.717) is 18.9 Å². The number of hydrogen-bond acceptors (Lipinski definition) is 11. The monoisotopic (exact) mass is 970 g/mol. The van der Waals surface area contributed by atoms with Crippen molar-refractivity contribution in [2.24, 2.45) is 0 Å². The van der Waals surface area contributed by atoms with Crippen molar-refractivity contribution in [3.05, 3.63) is 153 Å². The Morgan fingerprint density at radius 3 is 1.31 bits per heavy atom. The Hall–Kier alpha value is -8.17. The van der Waals surface area contributed by atoms with Gasteiger partial charge in [-0.2, -0.15) is 13.2 Å². The van der Waals surface area contributed by atoms with Crippen LogP contribution in [0.4, 0.5) is 24.5 Å². The molecule has 2 atom stereocenters. The summed E-state index contributed by atoms with van der Waals surface area (Å²) in [7, 11) is 7.12. The van der Waals surface area contributed by atoms with Gasteiger partial charge in [-0.3, -0.25) is 19.7 Å². The molecule has 21 heteroatoms. The van der Waals surface area contributed by atoms with Crippen LogP contribution in [0.25, 0.3) is 33.8 Å². The van der Waals surface area contributed by atoms with Crippen LogP contribution >= 0.6 is 0 Å². The number of amides is 2. The lowest BCUT2D eigenvalue weighted by molar-refractivity contribution is -0.388. The Morgan fingerprint density at radius 1 is 0.643 bits per heavy atom. The van der Waals surface area contributed by atoms with Gasteiger partial charge in [-0.15, -0.1) is 0 Å². The Kier molecular flexibility index (Phi) is 18.1. The molecule has 6 N–H and O–H groups in total. The molecule has 4 aromatic heterocycles. The standard InChI is InChI=1S/2C19H21N3O.C7H5F3N2O2.C4H6O6/c2*1-13-5-8-15(9-6-13)19-16(11-18(23)21(3)4)22-12-14(2)7-10-17(22)20-19;8-7(9,10)5-3-4(11)1-2-6(5)12(13)14;5-1(3(7)8)2(6)4(9)10/h2*5-10,12H,11H2,1-4H3;1-3H,11H2;1-2,5-6H,(H,7,8)(H,9,10). The van der Waals surface area contributed by atoms with Crippen molar-refractivity contribution in [3.63, 3.8) is 0 Å². The van der Waals surface area contributed by atoms with E-state index in [9.17, 15) is 42.5 Å². The second-order valence-corrected chi connectivity index (χ2v) is 16.4. The van der Waals surface area contributed by atoms with Crippen LogP contribution in [-0.4, -0.2) is 118 Å². The Bertz CT molecular complexity index is 2840. The number of fused-ring (bicyclic) bond motifs is 2. The molecular weight excluding hydrogens is 918 g/mol. The molecule has 4 heterocycles. The van der Waals surface area contributed by atoms with E-state index < -0.39 is 46.5 Å².